The van der Waals surface area contributed by atoms with Gasteiger partial charge in [0, 0.05) is 13.1 Å². The predicted octanol–water partition coefficient (Wildman–Crippen LogP) is 0.00740. The minimum atomic E-state index is 0. The molecule has 0 heterocycles. The Morgan fingerprint density at radius 2 is 0.833 bits per heavy atom. The number of nitrogens with two attached hydrogens (primary N) is 2. The van der Waals surface area contributed by atoms with Crippen LogP contribution in [0.1, 0.15) is 0 Å². The average Bonchev–Trinajstić information content (AvgIpc) is 1.91. The van der Waals surface area contributed by atoms with Crippen molar-refractivity contribution in [3.05, 3.63) is 0 Å². The SMILES string of the molecule is NCCN.O.O.[Cl][Cu][Cl].[Cl][Cu][Cl]. The Morgan fingerprint density at radius 1 is 0.750 bits per heavy atom. The zero-order valence-electron chi connectivity index (χ0n) is 5.68. The van der Waals surface area contributed by atoms with Crippen LogP contribution in [0.5, 0.6) is 0 Å². The van der Waals surface area contributed by atoms with Gasteiger partial charge in [-0.15, -0.1) is 0 Å². The molecule has 12 heavy (non-hydrogen) atoms. The first kappa shape index (κ1) is 29.2. The van der Waals surface area contributed by atoms with Gasteiger partial charge in [0.2, 0.25) is 0 Å². The number of hydrogen-bond acceptors (Lipinski definition) is 2. The van der Waals surface area contributed by atoms with Gasteiger partial charge in [0.1, 0.15) is 0 Å². The second kappa shape index (κ2) is 51.8. The van der Waals surface area contributed by atoms with E-state index < -0.39 is 0 Å². The molecule has 0 bridgehead atoms. The Hall–Kier alpha value is 2.04. The third kappa shape index (κ3) is 159. The molecule has 92 valence electrons. The van der Waals surface area contributed by atoms with Crippen molar-refractivity contribution >= 4 is 40.4 Å². The molecule has 0 atom stereocenters. The topological polar surface area (TPSA) is 115 Å². The molecule has 0 rings (SSSR count). The fourth-order valence-electron chi connectivity index (χ4n) is 0. The average molecular weight is 365 g/mol. The van der Waals surface area contributed by atoms with Crippen molar-refractivity contribution in [3.8, 4) is 0 Å². The fourth-order valence-corrected chi connectivity index (χ4v) is 0. The molecule has 0 unspecified atom stereocenters. The molecule has 0 aromatic heterocycles. The van der Waals surface area contributed by atoms with Crippen LogP contribution in [-0.4, -0.2) is 24.0 Å². The van der Waals surface area contributed by atoms with Crippen molar-refractivity contribution in [1.82, 2.24) is 0 Å². The van der Waals surface area contributed by atoms with Gasteiger partial charge in [0.25, 0.3) is 0 Å². The molecular weight excluding hydrogens is 353 g/mol. The van der Waals surface area contributed by atoms with E-state index in [0.29, 0.717) is 13.1 Å². The quantitative estimate of drug-likeness (QED) is 0.638. The van der Waals surface area contributed by atoms with Gasteiger partial charge in [-0.25, -0.2) is 0 Å². The Kier molecular flexibility index (Phi) is 126. The molecule has 0 saturated carbocycles. The minimum absolute atomic E-state index is 0. The van der Waals surface area contributed by atoms with Crippen LogP contribution in [0.15, 0.2) is 0 Å². The van der Waals surface area contributed by atoms with Gasteiger partial charge in [-0.05, 0) is 0 Å². The zero-order valence-corrected chi connectivity index (χ0v) is 10.6. The van der Waals surface area contributed by atoms with Crippen molar-refractivity contribution < 1.29 is 37.2 Å². The van der Waals surface area contributed by atoms with Gasteiger partial charge in [0.05, 0.1) is 0 Å². The van der Waals surface area contributed by atoms with Crippen molar-refractivity contribution in [2.24, 2.45) is 11.5 Å². The number of hydrogen-bond donors (Lipinski definition) is 2. The molecule has 0 radical (unpaired) electrons. The molecule has 0 aliphatic rings. The Balaban J connectivity index is -0.0000000191. The number of halogens is 4. The normalized spacial score (nSPS) is 6.17. The van der Waals surface area contributed by atoms with E-state index in [9.17, 15) is 0 Å². The molecule has 0 aromatic carbocycles. The molecule has 0 aliphatic heterocycles. The van der Waals surface area contributed by atoms with Gasteiger partial charge < -0.3 is 22.4 Å². The molecule has 0 fully saturated rings. The van der Waals surface area contributed by atoms with Crippen LogP contribution in [0.3, 0.4) is 0 Å². The van der Waals surface area contributed by atoms with E-state index in [1.165, 1.54) is 0 Å². The molecule has 0 aliphatic carbocycles. The second-order valence-electron chi connectivity index (χ2n) is 0.663. The third-order valence-corrected chi connectivity index (χ3v) is 0.167. The molecule has 10 heteroatoms. The summed E-state index contributed by atoms with van der Waals surface area (Å²) in [5.74, 6) is 0. The van der Waals surface area contributed by atoms with Gasteiger partial charge in [-0.3, -0.25) is 0 Å². The van der Waals surface area contributed by atoms with E-state index in [1.807, 2.05) is 0 Å². The summed E-state index contributed by atoms with van der Waals surface area (Å²) in [6.45, 7) is 1.19. The van der Waals surface area contributed by atoms with E-state index in [2.05, 4.69) is 40.4 Å². The molecular formula is C2H12Cl4Cu2N2O2. The molecule has 0 saturated heterocycles. The third-order valence-electron chi connectivity index (χ3n) is 0.167. The van der Waals surface area contributed by atoms with Crippen LogP contribution in [-0.2, 0) is 26.3 Å². The van der Waals surface area contributed by atoms with Crippen molar-refractivity contribution in [1.29, 1.82) is 0 Å². The molecule has 0 aromatic rings. The van der Waals surface area contributed by atoms with Gasteiger partial charge in [0.15, 0.2) is 0 Å². The van der Waals surface area contributed by atoms with Gasteiger partial charge in [-0.1, -0.05) is 0 Å². The van der Waals surface area contributed by atoms with Gasteiger partial charge >= 0.3 is 66.7 Å². The van der Waals surface area contributed by atoms with Crippen LogP contribution in [0.25, 0.3) is 0 Å². The Bertz CT molecular complexity index is 39.0. The maximum atomic E-state index is 4.90. The van der Waals surface area contributed by atoms with Crippen LogP contribution in [0, 0.1) is 0 Å². The summed E-state index contributed by atoms with van der Waals surface area (Å²) in [5.41, 5.74) is 9.81. The van der Waals surface area contributed by atoms with Crippen LogP contribution in [0.4, 0.5) is 0 Å². The van der Waals surface area contributed by atoms with E-state index >= 15 is 0 Å². The summed E-state index contributed by atoms with van der Waals surface area (Å²) in [6, 6.07) is 0. The van der Waals surface area contributed by atoms with E-state index in [0.717, 1.165) is 26.3 Å². The molecule has 0 spiro atoms. The monoisotopic (exact) mass is 362 g/mol. The first-order chi connectivity index (χ1) is 4.74. The second-order valence-corrected chi connectivity index (χ2v) is 3.77. The molecule has 8 N–H and O–H groups in total. The first-order valence-corrected chi connectivity index (χ1v) is 6.95. The zero-order chi connectivity index (χ0) is 8.83. The van der Waals surface area contributed by atoms with Crippen molar-refractivity contribution in [2.45, 2.75) is 0 Å². The van der Waals surface area contributed by atoms with Crippen LogP contribution >= 0.6 is 40.4 Å². The van der Waals surface area contributed by atoms with Crippen molar-refractivity contribution in [2.75, 3.05) is 13.1 Å². The Labute approximate surface area is 101 Å². The maximum absolute atomic E-state index is 4.90. The summed E-state index contributed by atoms with van der Waals surface area (Å²) in [5, 5.41) is 0. The number of rotatable bonds is 1. The fraction of sp³-hybridized carbons (Fsp3) is 1.00. The van der Waals surface area contributed by atoms with E-state index in [4.69, 9.17) is 11.5 Å². The summed E-state index contributed by atoms with van der Waals surface area (Å²) in [7, 11) is 18.7. The summed E-state index contributed by atoms with van der Waals surface area (Å²) < 4.78 is 0. The standard InChI is InChI=1S/C2H8N2.4ClH.2Cu.2H2O/c3-1-2-4;;;;;;;;/h1-4H2;4*1H;;;2*1H2/q;;;;;2*+2;;/p-4. The summed E-state index contributed by atoms with van der Waals surface area (Å²) in [6.07, 6.45) is 0. The molecule has 4 nitrogen and oxygen atoms in total. The van der Waals surface area contributed by atoms with Crippen molar-refractivity contribution in [3.63, 3.8) is 0 Å². The molecule has 0 amide bonds. The first-order valence-electron chi connectivity index (χ1n) is 1.77. The summed E-state index contributed by atoms with van der Waals surface area (Å²) in [4.78, 5) is 0. The van der Waals surface area contributed by atoms with Gasteiger partial charge in [-0.2, -0.15) is 0 Å². The van der Waals surface area contributed by atoms with Crippen LogP contribution < -0.4 is 11.5 Å². The summed E-state index contributed by atoms with van der Waals surface area (Å²) >= 11 is 1.51. The Morgan fingerprint density at radius 3 is 0.833 bits per heavy atom. The van der Waals surface area contributed by atoms with Crippen LogP contribution in [0.2, 0.25) is 0 Å². The van der Waals surface area contributed by atoms with E-state index in [-0.39, 0.29) is 11.0 Å². The predicted molar refractivity (Wildman–Crippen MR) is 48.7 cm³/mol. The van der Waals surface area contributed by atoms with E-state index in [1.54, 1.807) is 0 Å².